The van der Waals surface area contributed by atoms with Crippen LogP contribution in [0.3, 0.4) is 0 Å². The summed E-state index contributed by atoms with van der Waals surface area (Å²) in [4.78, 5) is 14.6. The van der Waals surface area contributed by atoms with Crippen molar-refractivity contribution in [3.63, 3.8) is 0 Å². The van der Waals surface area contributed by atoms with Gasteiger partial charge in [0.05, 0.1) is 5.92 Å². The number of benzene rings is 1. The number of rotatable bonds is 3. The minimum absolute atomic E-state index is 0.233. The van der Waals surface area contributed by atoms with Crippen LogP contribution in [0.1, 0.15) is 24.8 Å². The van der Waals surface area contributed by atoms with E-state index in [0.29, 0.717) is 11.9 Å². The molecule has 1 aromatic rings. The highest BCUT2D eigenvalue weighted by Gasteiger charge is 2.34. The molecule has 0 aromatic heterocycles. The van der Waals surface area contributed by atoms with Crippen molar-refractivity contribution in [1.29, 1.82) is 0 Å². The summed E-state index contributed by atoms with van der Waals surface area (Å²) in [5.41, 5.74) is 1.35. The maximum absolute atomic E-state index is 12.5. The molecule has 3 heteroatoms. The summed E-state index contributed by atoms with van der Waals surface area (Å²) < 4.78 is 0. The number of nitrogens with one attached hydrogen (secondary N) is 1. The van der Waals surface area contributed by atoms with Crippen molar-refractivity contribution in [2.75, 3.05) is 19.6 Å². The molecule has 0 saturated carbocycles. The molecule has 0 aliphatic carbocycles. The van der Waals surface area contributed by atoms with Gasteiger partial charge in [-0.05, 0) is 31.2 Å². The number of hydrogen-bond donors (Lipinski definition) is 1. The Balaban J connectivity index is 1.68. The summed E-state index contributed by atoms with van der Waals surface area (Å²) in [7, 11) is 0. The zero-order chi connectivity index (χ0) is 13.1. The predicted molar refractivity (Wildman–Crippen MR) is 75.9 cm³/mol. The van der Waals surface area contributed by atoms with Gasteiger partial charge in [-0.1, -0.05) is 30.3 Å². The maximum Gasteiger partial charge on any atom is 0.228 e. The molecule has 0 spiro atoms. The summed E-state index contributed by atoms with van der Waals surface area (Å²) in [6, 6.07) is 11.0. The lowest BCUT2D eigenvalue weighted by Crippen LogP contribution is -2.55. The second kappa shape index (κ2) is 5.74. The van der Waals surface area contributed by atoms with E-state index in [2.05, 4.69) is 34.5 Å². The Kier molecular flexibility index (Phi) is 3.83. The lowest BCUT2D eigenvalue weighted by Gasteiger charge is -2.40. The van der Waals surface area contributed by atoms with Crippen molar-refractivity contribution in [3.8, 4) is 0 Å². The Morgan fingerprint density at radius 1 is 1.21 bits per heavy atom. The Labute approximate surface area is 115 Å². The molecule has 3 nitrogen and oxygen atoms in total. The van der Waals surface area contributed by atoms with Crippen LogP contribution in [0.5, 0.6) is 0 Å². The molecule has 19 heavy (non-hydrogen) atoms. The highest BCUT2D eigenvalue weighted by molar-refractivity contribution is 5.80. The number of likely N-dealkylation sites (tertiary alicyclic amines) is 1. The molecule has 1 aromatic carbocycles. The maximum atomic E-state index is 12.5. The molecule has 2 aliphatic rings. The first-order chi connectivity index (χ1) is 9.34. The summed E-state index contributed by atoms with van der Waals surface area (Å²) in [6.07, 6.45) is 4.58. The van der Waals surface area contributed by atoms with Gasteiger partial charge >= 0.3 is 0 Å². The van der Waals surface area contributed by atoms with Crippen molar-refractivity contribution in [3.05, 3.63) is 35.9 Å². The third-order valence-electron chi connectivity index (χ3n) is 4.36. The van der Waals surface area contributed by atoms with Crippen molar-refractivity contribution < 1.29 is 4.79 Å². The summed E-state index contributed by atoms with van der Waals surface area (Å²) in [5, 5.41) is 3.20. The van der Waals surface area contributed by atoms with Gasteiger partial charge in [0.15, 0.2) is 0 Å². The molecule has 0 radical (unpaired) electrons. The van der Waals surface area contributed by atoms with Gasteiger partial charge in [-0.2, -0.15) is 0 Å². The predicted octanol–water partition coefficient (Wildman–Crippen LogP) is 1.83. The monoisotopic (exact) mass is 258 g/mol. The first kappa shape index (κ1) is 12.7. The van der Waals surface area contributed by atoms with E-state index in [9.17, 15) is 4.79 Å². The number of nitrogens with zero attached hydrogens (tertiary/aromatic N) is 1. The number of hydrogen-bond acceptors (Lipinski definition) is 2. The summed E-state index contributed by atoms with van der Waals surface area (Å²) in [5.74, 6) is 0.607. The van der Waals surface area contributed by atoms with Crippen molar-refractivity contribution in [1.82, 2.24) is 10.2 Å². The van der Waals surface area contributed by atoms with Gasteiger partial charge in [-0.3, -0.25) is 4.79 Å². The van der Waals surface area contributed by atoms with Crippen LogP contribution < -0.4 is 5.32 Å². The molecule has 1 amide bonds. The number of carbonyl (C=O) groups excluding carboxylic acids is 1. The van der Waals surface area contributed by atoms with E-state index in [1.165, 1.54) is 12.0 Å². The second-order valence-corrected chi connectivity index (χ2v) is 5.73. The van der Waals surface area contributed by atoms with Crippen LogP contribution in [0.25, 0.3) is 0 Å². The first-order valence-corrected chi connectivity index (χ1v) is 7.40. The van der Waals surface area contributed by atoms with Gasteiger partial charge in [0, 0.05) is 25.7 Å². The average molecular weight is 258 g/mol. The highest BCUT2D eigenvalue weighted by Crippen LogP contribution is 2.23. The van der Waals surface area contributed by atoms with E-state index in [-0.39, 0.29) is 5.92 Å². The van der Waals surface area contributed by atoms with Crippen LogP contribution in [0.2, 0.25) is 0 Å². The van der Waals surface area contributed by atoms with Crippen LogP contribution in [-0.4, -0.2) is 36.5 Å². The number of piperidine rings is 1. The molecule has 2 aliphatic heterocycles. The van der Waals surface area contributed by atoms with Gasteiger partial charge in [0.1, 0.15) is 0 Å². The lowest BCUT2D eigenvalue weighted by molar-refractivity contribution is -0.140. The van der Waals surface area contributed by atoms with Crippen LogP contribution >= 0.6 is 0 Å². The SMILES string of the molecule is O=C(C1CNC1)N1CCCCC1Cc1ccccc1. The Morgan fingerprint density at radius 3 is 2.68 bits per heavy atom. The van der Waals surface area contributed by atoms with Crippen LogP contribution in [-0.2, 0) is 11.2 Å². The zero-order valence-corrected chi connectivity index (χ0v) is 11.3. The molecule has 102 valence electrons. The van der Waals surface area contributed by atoms with E-state index in [1.807, 2.05) is 6.07 Å². The Hall–Kier alpha value is -1.35. The van der Waals surface area contributed by atoms with Crippen molar-refractivity contribution in [2.45, 2.75) is 31.7 Å². The third kappa shape index (κ3) is 2.81. The smallest absolute Gasteiger partial charge is 0.228 e. The van der Waals surface area contributed by atoms with Crippen molar-refractivity contribution in [2.24, 2.45) is 5.92 Å². The fourth-order valence-electron chi connectivity index (χ4n) is 3.09. The standard InChI is InChI=1S/C16H22N2O/c19-16(14-11-17-12-14)18-9-5-4-8-15(18)10-13-6-2-1-3-7-13/h1-3,6-7,14-15,17H,4-5,8-12H2. The number of carbonyl (C=O) groups is 1. The minimum atomic E-state index is 0.233. The zero-order valence-electron chi connectivity index (χ0n) is 11.3. The van der Waals surface area contributed by atoms with Gasteiger partial charge in [0.2, 0.25) is 5.91 Å². The molecule has 2 saturated heterocycles. The van der Waals surface area contributed by atoms with Gasteiger partial charge in [0.25, 0.3) is 0 Å². The molecule has 0 bridgehead atoms. The van der Waals surface area contributed by atoms with E-state index >= 15 is 0 Å². The quantitative estimate of drug-likeness (QED) is 0.897. The number of amides is 1. The summed E-state index contributed by atoms with van der Waals surface area (Å²) >= 11 is 0. The van der Waals surface area contributed by atoms with Crippen LogP contribution in [0.15, 0.2) is 30.3 Å². The molecule has 2 fully saturated rings. The molecule has 1 N–H and O–H groups in total. The molecule has 2 heterocycles. The Bertz CT molecular complexity index is 428. The van der Waals surface area contributed by atoms with E-state index < -0.39 is 0 Å². The van der Waals surface area contributed by atoms with E-state index in [4.69, 9.17) is 0 Å². The topological polar surface area (TPSA) is 32.3 Å². The highest BCUT2D eigenvalue weighted by atomic mass is 16.2. The van der Waals surface area contributed by atoms with Gasteiger partial charge in [-0.15, -0.1) is 0 Å². The normalized spacial score (nSPS) is 24.0. The molecular weight excluding hydrogens is 236 g/mol. The Morgan fingerprint density at radius 2 is 2.00 bits per heavy atom. The molecule has 3 rings (SSSR count). The third-order valence-corrected chi connectivity index (χ3v) is 4.36. The van der Waals surface area contributed by atoms with E-state index in [0.717, 1.165) is 38.9 Å². The molecule has 1 atom stereocenters. The fraction of sp³-hybridized carbons (Fsp3) is 0.562. The van der Waals surface area contributed by atoms with Crippen molar-refractivity contribution >= 4 is 5.91 Å². The largest absolute Gasteiger partial charge is 0.339 e. The first-order valence-electron chi connectivity index (χ1n) is 7.40. The van der Waals surface area contributed by atoms with E-state index in [1.54, 1.807) is 0 Å². The van der Waals surface area contributed by atoms with Gasteiger partial charge < -0.3 is 10.2 Å². The molecular formula is C16H22N2O. The van der Waals surface area contributed by atoms with Gasteiger partial charge in [-0.25, -0.2) is 0 Å². The minimum Gasteiger partial charge on any atom is -0.339 e. The second-order valence-electron chi connectivity index (χ2n) is 5.73. The van der Waals surface area contributed by atoms with Crippen LogP contribution in [0.4, 0.5) is 0 Å². The van der Waals surface area contributed by atoms with Crippen LogP contribution in [0, 0.1) is 5.92 Å². The summed E-state index contributed by atoms with van der Waals surface area (Å²) in [6.45, 7) is 2.69. The fourth-order valence-corrected chi connectivity index (χ4v) is 3.09. The molecule has 1 unspecified atom stereocenters. The lowest BCUT2D eigenvalue weighted by atomic mass is 9.92. The average Bonchev–Trinajstić information content (AvgIpc) is 2.38.